The van der Waals surface area contributed by atoms with Crippen LogP contribution in [0.25, 0.3) is 0 Å². The zero-order valence-corrected chi connectivity index (χ0v) is 10.9. The minimum Gasteiger partial charge on any atom is -0.381 e. The van der Waals surface area contributed by atoms with Gasteiger partial charge in [-0.25, -0.2) is 0 Å². The van der Waals surface area contributed by atoms with E-state index in [4.69, 9.17) is 4.74 Å². The average Bonchev–Trinajstić information content (AvgIpc) is 2.95. The van der Waals surface area contributed by atoms with Gasteiger partial charge in [0.1, 0.15) is 0 Å². The molecule has 4 nitrogen and oxygen atoms in total. The molecule has 4 heteroatoms. The lowest BCUT2D eigenvalue weighted by atomic mass is 9.99. The summed E-state index contributed by atoms with van der Waals surface area (Å²) in [5.74, 6) is 1.65. The Morgan fingerprint density at radius 2 is 2.29 bits per heavy atom. The number of nitrogens with zero attached hydrogens (tertiary/aromatic N) is 1. The second-order valence-corrected chi connectivity index (χ2v) is 5.33. The van der Waals surface area contributed by atoms with E-state index in [1.54, 1.807) is 0 Å². The zero-order valence-electron chi connectivity index (χ0n) is 10.9. The predicted molar refractivity (Wildman–Crippen MR) is 66.7 cm³/mol. The van der Waals surface area contributed by atoms with Crippen molar-refractivity contribution in [1.29, 1.82) is 0 Å². The van der Waals surface area contributed by atoms with Crippen molar-refractivity contribution in [3.8, 4) is 0 Å². The van der Waals surface area contributed by atoms with Crippen molar-refractivity contribution in [3.63, 3.8) is 0 Å². The molecule has 17 heavy (non-hydrogen) atoms. The third-order valence-electron chi connectivity index (χ3n) is 4.03. The molecule has 3 atom stereocenters. The van der Waals surface area contributed by atoms with Crippen LogP contribution in [0.3, 0.4) is 0 Å². The molecule has 2 aliphatic heterocycles. The van der Waals surface area contributed by atoms with Gasteiger partial charge in [-0.2, -0.15) is 0 Å². The topological polar surface area (TPSA) is 41.6 Å². The second-order valence-electron chi connectivity index (χ2n) is 5.33. The molecule has 98 valence electrons. The molecule has 2 heterocycles. The summed E-state index contributed by atoms with van der Waals surface area (Å²) in [4.78, 5) is 14.3. The second kappa shape index (κ2) is 5.83. The molecule has 0 spiro atoms. The first-order valence-corrected chi connectivity index (χ1v) is 6.79. The van der Waals surface area contributed by atoms with Gasteiger partial charge in [0, 0.05) is 32.2 Å². The summed E-state index contributed by atoms with van der Waals surface area (Å²) in [6, 6.07) is 0. The van der Waals surface area contributed by atoms with E-state index in [2.05, 4.69) is 12.2 Å². The largest absolute Gasteiger partial charge is 0.381 e. The Morgan fingerprint density at radius 1 is 1.47 bits per heavy atom. The van der Waals surface area contributed by atoms with Crippen molar-refractivity contribution in [3.05, 3.63) is 0 Å². The van der Waals surface area contributed by atoms with E-state index in [1.165, 1.54) is 0 Å². The Bertz CT molecular complexity index is 264. The molecule has 3 unspecified atom stereocenters. The van der Waals surface area contributed by atoms with E-state index in [0.29, 0.717) is 17.7 Å². The van der Waals surface area contributed by atoms with E-state index >= 15 is 0 Å². The van der Waals surface area contributed by atoms with Gasteiger partial charge in [-0.1, -0.05) is 6.92 Å². The first kappa shape index (κ1) is 12.8. The molecule has 2 saturated heterocycles. The highest BCUT2D eigenvalue weighted by atomic mass is 16.5. The van der Waals surface area contributed by atoms with Crippen LogP contribution >= 0.6 is 0 Å². The standard InChI is InChI=1S/C13H24N2O2/c1-3-17-9-12-8-15(7-10(12)2)13(16)11-4-5-14-6-11/h10-12,14H,3-9H2,1-2H3. The summed E-state index contributed by atoms with van der Waals surface area (Å²) in [6.07, 6.45) is 1.000. The number of carbonyl (C=O) groups is 1. The zero-order chi connectivity index (χ0) is 12.3. The number of likely N-dealkylation sites (tertiary alicyclic amines) is 1. The van der Waals surface area contributed by atoms with Gasteiger partial charge in [-0.3, -0.25) is 4.79 Å². The highest BCUT2D eigenvalue weighted by molar-refractivity contribution is 5.79. The molecular weight excluding hydrogens is 216 g/mol. The van der Waals surface area contributed by atoms with Crippen LogP contribution in [0.1, 0.15) is 20.3 Å². The maximum Gasteiger partial charge on any atom is 0.227 e. The summed E-state index contributed by atoms with van der Waals surface area (Å²) < 4.78 is 5.49. The molecule has 2 aliphatic rings. The molecule has 2 fully saturated rings. The van der Waals surface area contributed by atoms with Crippen LogP contribution in [-0.4, -0.2) is 50.2 Å². The van der Waals surface area contributed by atoms with E-state index in [-0.39, 0.29) is 5.92 Å². The summed E-state index contributed by atoms with van der Waals surface area (Å²) >= 11 is 0. The van der Waals surface area contributed by atoms with Crippen molar-refractivity contribution >= 4 is 5.91 Å². The van der Waals surface area contributed by atoms with Gasteiger partial charge >= 0.3 is 0 Å². The van der Waals surface area contributed by atoms with Crippen LogP contribution in [0.2, 0.25) is 0 Å². The SMILES string of the molecule is CCOCC1CN(C(=O)C2CCNC2)CC1C. The first-order valence-electron chi connectivity index (χ1n) is 6.79. The first-order chi connectivity index (χ1) is 8.22. The van der Waals surface area contributed by atoms with Crippen molar-refractivity contribution in [2.24, 2.45) is 17.8 Å². The fourth-order valence-electron chi connectivity index (χ4n) is 2.82. The lowest BCUT2D eigenvalue weighted by Gasteiger charge is -2.20. The third kappa shape index (κ3) is 2.99. The van der Waals surface area contributed by atoms with Gasteiger partial charge in [-0.15, -0.1) is 0 Å². The number of hydrogen-bond acceptors (Lipinski definition) is 3. The maximum absolute atomic E-state index is 12.3. The molecular formula is C13H24N2O2. The number of ether oxygens (including phenoxy) is 1. The van der Waals surface area contributed by atoms with E-state index < -0.39 is 0 Å². The number of nitrogens with one attached hydrogen (secondary N) is 1. The fourth-order valence-corrected chi connectivity index (χ4v) is 2.82. The minimum atomic E-state index is 0.216. The molecule has 0 aromatic heterocycles. The molecule has 0 radical (unpaired) electrons. The van der Waals surface area contributed by atoms with E-state index in [1.807, 2.05) is 11.8 Å². The van der Waals surface area contributed by atoms with Crippen LogP contribution in [0.5, 0.6) is 0 Å². The van der Waals surface area contributed by atoms with Gasteiger partial charge in [0.15, 0.2) is 0 Å². The number of carbonyl (C=O) groups excluding carboxylic acids is 1. The lowest BCUT2D eigenvalue weighted by Crippen LogP contribution is -2.35. The molecule has 0 saturated carbocycles. The van der Waals surface area contributed by atoms with Crippen LogP contribution in [0.15, 0.2) is 0 Å². The quantitative estimate of drug-likeness (QED) is 0.787. The van der Waals surface area contributed by atoms with Crippen LogP contribution in [0, 0.1) is 17.8 Å². The van der Waals surface area contributed by atoms with Crippen LogP contribution < -0.4 is 5.32 Å². The molecule has 0 aromatic rings. The number of rotatable bonds is 4. The highest BCUT2D eigenvalue weighted by Gasteiger charge is 2.35. The Labute approximate surface area is 104 Å². The summed E-state index contributed by atoms with van der Waals surface area (Å²) in [6.45, 7) is 9.45. The Kier molecular flexibility index (Phi) is 4.40. The monoisotopic (exact) mass is 240 g/mol. The molecule has 0 bridgehead atoms. The molecule has 1 N–H and O–H groups in total. The molecule has 1 amide bonds. The van der Waals surface area contributed by atoms with Crippen molar-refractivity contribution in [2.75, 3.05) is 39.4 Å². The Hall–Kier alpha value is -0.610. The third-order valence-corrected chi connectivity index (χ3v) is 4.03. The van der Waals surface area contributed by atoms with Crippen molar-refractivity contribution in [2.45, 2.75) is 20.3 Å². The van der Waals surface area contributed by atoms with Gasteiger partial charge in [0.25, 0.3) is 0 Å². The summed E-state index contributed by atoms with van der Waals surface area (Å²) in [5.41, 5.74) is 0. The fraction of sp³-hybridized carbons (Fsp3) is 0.923. The normalized spacial score (nSPS) is 33.3. The molecule has 0 aliphatic carbocycles. The number of hydrogen-bond donors (Lipinski definition) is 1. The lowest BCUT2D eigenvalue weighted by molar-refractivity contribution is -0.134. The average molecular weight is 240 g/mol. The maximum atomic E-state index is 12.3. The van der Waals surface area contributed by atoms with Crippen molar-refractivity contribution < 1.29 is 9.53 Å². The highest BCUT2D eigenvalue weighted by Crippen LogP contribution is 2.25. The van der Waals surface area contributed by atoms with Crippen LogP contribution in [-0.2, 0) is 9.53 Å². The number of amides is 1. The summed E-state index contributed by atoms with van der Waals surface area (Å²) in [7, 11) is 0. The van der Waals surface area contributed by atoms with Gasteiger partial charge in [0.05, 0.1) is 12.5 Å². The van der Waals surface area contributed by atoms with Gasteiger partial charge < -0.3 is 15.0 Å². The van der Waals surface area contributed by atoms with Crippen molar-refractivity contribution in [1.82, 2.24) is 10.2 Å². The van der Waals surface area contributed by atoms with E-state index in [9.17, 15) is 4.79 Å². The predicted octanol–water partition coefficient (Wildman–Crippen LogP) is 0.727. The van der Waals surface area contributed by atoms with E-state index in [0.717, 1.165) is 45.8 Å². The Balaban J connectivity index is 1.84. The summed E-state index contributed by atoms with van der Waals surface area (Å²) in [5, 5.41) is 3.26. The minimum absolute atomic E-state index is 0.216. The molecule has 2 rings (SSSR count). The van der Waals surface area contributed by atoms with Crippen LogP contribution in [0.4, 0.5) is 0 Å². The molecule has 0 aromatic carbocycles. The van der Waals surface area contributed by atoms with Gasteiger partial charge in [0.2, 0.25) is 5.91 Å². The van der Waals surface area contributed by atoms with Gasteiger partial charge in [-0.05, 0) is 25.8 Å². The Morgan fingerprint density at radius 3 is 2.94 bits per heavy atom. The smallest absolute Gasteiger partial charge is 0.227 e.